The lowest BCUT2D eigenvalue weighted by Gasteiger charge is -2.13. The van der Waals surface area contributed by atoms with Crippen molar-refractivity contribution in [2.45, 2.75) is 20.0 Å². The highest BCUT2D eigenvalue weighted by atomic mass is 16.5. The molecule has 0 aliphatic heterocycles. The fourth-order valence-corrected chi connectivity index (χ4v) is 3.48. The van der Waals surface area contributed by atoms with Gasteiger partial charge in [0.1, 0.15) is 23.6 Å². The first-order valence-electron chi connectivity index (χ1n) is 9.49. The molecule has 1 aliphatic carbocycles. The Bertz CT molecular complexity index is 1030. The third kappa shape index (κ3) is 4.45. The Morgan fingerprint density at radius 1 is 1.10 bits per heavy atom. The van der Waals surface area contributed by atoms with Crippen LogP contribution >= 0.6 is 0 Å². The molecule has 0 N–H and O–H groups in total. The first-order valence-corrected chi connectivity index (χ1v) is 9.49. The lowest BCUT2D eigenvalue weighted by Crippen LogP contribution is -2.14. The van der Waals surface area contributed by atoms with Crippen molar-refractivity contribution in [1.29, 1.82) is 10.5 Å². The van der Waals surface area contributed by atoms with Gasteiger partial charge in [-0.3, -0.25) is 4.79 Å². The smallest absolute Gasteiger partial charge is 0.311 e. The number of methoxy groups -OCH3 is 1. The largest absolute Gasteiger partial charge is 0.487 e. The van der Waals surface area contributed by atoms with Gasteiger partial charge in [-0.15, -0.1) is 0 Å². The zero-order valence-electron chi connectivity index (χ0n) is 17.0. The maximum Gasteiger partial charge on any atom is 0.311 e. The molecule has 6 nitrogen and oxygen atoms in total. The number of esters is 1. The Morgan fingerprint density at radius 2 is 1.80 bits per heavy atom. The first kappa shape index (κ1) is 21.0. The summed E-state index contributed by atoms with van der Waals surface area (Å²) >= 11 is 0. The molecule has 6 heteroatoms. The molecule has 0 amide bonds. The highest BCUT2D eigenvalue weighted by molar-refractivity contribution is 5.78. The van der Waals surface area contributed by atoms with Crippen molar-refractivity contribution in [3.05, 3.63) is 72.0 Å². The number of hydrogen-bond donors (Lipinski definition) is 0. The van der Waals surface area contributed by atoms with Gasteiger partial charge >= 0.3 is 5.97 Å². The van der Waals surface area contributed by atoms with E-state index in [-0.39, 0.29) is 17.1 Å². The molecule has 0 spiro atoms. The second-order valence-corrected chi connectivity index (χ2v) is 7.61. The Kier molecular flexibility index (Phi) is 6.09. The van der Waals surface area contributed by atoms with Gasteiger partial charge in [0.05, 0.1) is 13.0 Å². The molecule has 2 aromatic rings. The predicted molar refractivity (Wildman–Crippen MR) is 109 cm³/mol. The molecule has 0 radical (unpaired) electrons. The van der Waals surface area contributed by atoms with Crippen LogP contribution in [-0.4, -0.2) is 13.1 Å². The summed E-state index contributed by atoms with van der Waals surface area (Å²) in [4.78, 5) is 12.8. The summed E-state index contributed by atoms with van der Waals surface area (Å²) in [5.74, 6) is 0.256. The Hall–Kier alpha value is -3.77. The van der Waals surface area contributed by atoms with E-state index in [1.54, 1.807) is 30.3 Å². The van der Waals surface area contributed by atoms with E-state index in [9.17, 15) is 10.1 Å². The van der Waals surface area contributed by atoms with Gasteiger partial charge in [0, 0.05) is 11.5 Å². The van der Waals surface area contributed by atoms with E-state index in [2.05, 4.69) is 0 Å². The summed E-state index contributed by atoms with van der Waals surface area (Å²) < 4.78 is 16.3. The van der Waals surface area contributed by atoms with Crippen LogP contribution in [0.1, 0.15) is 25.5 Å². The highest BCUT2D eigenvalue weighted by Crippen LogP contribution is 2.60. The zero-order valence-corrected chi connectivity index (χ0v) is 17.0. The van der Waals surface area contributed by atoms with Crippen LogP contribution in [0.25, 0.3) is 0 Å². The summed E-state index contributed by atoms with van der Waals surface area (Å²) in [6.45, 7) is 3.83. The SMILES string of the molecule is COC(C#N)=C[C@@H]1[C@@H](C(=O)OC(C#N)c2cccc(Oc3ccccc3)c2)C1(C)C. The van der Waals surface area contributed by atoms with Gasteiger partial charge < -0.3 is 14.2 Å². The maximum absolute atomic E-state index is 12.8. The van der Waals surface area contributed by atoms with Crippen LogP contribution in [0.2, 0.25) is 0 Å². The van der Waals surface area contributed by atoms with Gasteiger partial charge in [0.25, 0.3) is 0 Å². The minimum Gasteiger partial charge on any atom is -0.487 e. The summed E-state index contributed by atoms with van der Waals surface area (Å²) in [6.07, 6.45) is 0.581. The minimum absolute atomic E-state index is 0.158. The van der Waals surface area contributed by atoms with Crippen LogP contribution in [0, 0.1) is 39.9 Å². The van der Waals surface area contributed by atoms with Gasteiger partial charge in [0.2, 0.25) is 6.10 Å². The monoisotopic (exact) mass is 402 g/mol. The topological polar surface area (TPSA) is 92.3 Å². The quantitative estimate of drug-likeness (QED) is 0.371. The lowest BCUT2D eigenvalue weighted by atomic mass is 10.1. The maximum atomic E-state index is 12.8. The van der Waals surface area contributed by atoms with Crippen molar-refractivity contribution in [2.24, 2.45) is 17.3 Å². The van der Waals surface area contributed by atoms with E-state index in [4.69, 9.17) is 19.5 Å². The second-order valence-electron chi connectivity index (χ2n) is 7.61. The van der Waals surface area contributed by atoms with Crippen molar-refractivity contribution < 1.29 is 19.0 Å². The molecular weight excluding hydrogens is 380 g/mol. The van der Waals surface area contributed by atoms with Crippen LogP contribution in [0.3, 0.4) is 0 Å². The molecule has 30 heavy (non-hydrogen) atoms. The molecule has 152 valence electrons. The number of benzene rings is 2. The van der Waals surface area contributed by atoms with E-state index in [0.717, 1.165) is 0 Å². The van der Waals surface area contributed by atoms with Crippen molar-refractivity contribution >= 4 is 5.97 Å². The molecule has 1 unspecified atom stereocenters. The van der Waals surface area contributed by atoms with Crippen molar-refractivity contribution in [3.63, 3.8) is 0 Å². The molecule has 3 rings (SSSR count). The number of carbonyl (C=O) groups excluding carboxylic acids is 1. The van der Waals surface area contributed by atoms with Crippen molar-refractivity contribution in [2.75, 3.05) is 7.11 Å². The molecule has 0 heterocycles. The van der Waals surface area contributed by atoms with Gasteiger partial charge in [0.15, 0.2) is 5.76 Å². The number of carbonyl (C=O) groups is 1. The van der Waals surface area contributed by atoms with E-state index >= 15 is 0 Å². The zero-order chi connectivity index (χ0) is 21.7. The number of hydrogen-bond acceptors (Lipinski definition) is 6. The van der Waals surface area contributed by atoms with Crippen LogP contribution in [0.5, 0.6) is 11.5 Å². The van der Waals surface area contributed by atoms with Gasteiger partial charge in [-0.1, -0.05) is 44.2 Å². The van der Waals surface area contributed by atoms with Gasteiger partial charge in [-0.05, 0) is 35.8 Å². The summed E-state index contributed by atoms with van der Waals surface area (Å²) in [6, 6.07) is 20.2. The molecule has 2 aromatic carbocycles. The molecule has 3 atom stereocenters. The van der Waals surface area contributed by atoms with Crippen LogP contribution in [-0.2, 0) is 14.3 Å². The number of para-hydroxylation sites is 1. The van der Waals surface area contributed by atoms with Crippen LogP contribution in [0.15, 0.2) is 66.4 Å². The predicted octanol–water partition coefficient (Wildman–Crippen LogP) is 4.91. The number of allylic oxidation sites excluding steroid dienone is 2. The third-order valence-electron chi connectivity index (χ3n) is 5.32. The van der Waals surface area contributed by atoms with Crippen LogP contribution in [0.4, 0.5) is 0 Å². The molecule has 0 aromatic heterocycles. The van der Waals surface area contributed by atoms with Crippen molar-refractivity contribution in [3.8, 4) is 23.6 Å². The molecule has 1 fully saturated rings. The van der Waals surface area contributed by atoms with E-state index in [1.165, 1.54) is 7.11 Å². The Balaban J connectivity index is 1.72. The van der Waals surface area contributed by atoms with Gasteiger partial charge in [-0.25, -0.2) is 0 Å². The molecular formula is C24H22N2O4. The molecule has 1 aliphatic rings. The minimum atomic E-state index is -1.06. The number of ether oxygens (including phenoxy) is 3. The average Bonchev–Trinajstić information content (AvgIpc) is 3.30. The van der Waals surface area contributed by atoms with E-state index in [1.807, 2.05) is 56.3 Å². The number of rotatable bonds is 7. The van der Waals surface area contributed by atoms with E-state index < -0.39 is 18.0 Å². The third-order valence-corrected chi connectivity index (χ3v) is 5.32. The number of nitriles is 2. The summed E-state index contributed by atoms with van der Waals surface area (Å²) in [5, 5.41) is 18.6. The second kappa shape index (κ2) is 8.71. The van der Waals surface area contributed by atoms with Crippen molar-refractivity contribution in [1.82, 2.24) is 0 Å². The Morgan fingerprint density at radius 3 is 2.43 bits per heavy atom. The first-order chi connectivity index (χ1) is 14.4. The summed E-state index contributed by atoms with van der Waals surface area (Å²) in [7, 11) is 1.41. The molecule has 0 bridgehead atoms. The normalized spacial score (nSPS) is 20.2. The highest BCUT2D eigenvalue weighted by Gasteiger charge is 2.62. The lowest BCUT2D eigenvalue weighted by molar-refractivity contribution is -0.149. The fraction of sp³-hybridized carbons (Fsp3) is 0.292. The van der Waals surface area contributed by atoms with Gasteiger partial charge in [-0.2, -0.15) is 10.5 Å². The summed E-state index contributed by atoms with van der Waals surface area (Å²) in [5.41, 5.74) is 0.148. The van der Waals surface area contributed by atoms with Crippen LogP contribution < -0.4 is 4.74 Å². The molecule has 0 saturated heterocycles. The fourth-order valence-electron chi connectivity index (χ4n) is 3.48. The average molecular weight is 402 g/mol. The standard InChI is InChI=1S/C24H22N2O4/c1-24(2)20(13-19(14-25)28-3)22(24)23(27)30-21(15-26)16-8-7-11-18(12-16)29-17-9-5-4-6-10-17/h4-13,20-22H,1-3H3/t20-,21?,22+/m1/s1. The number of nitrogens with zero attached hydrogens (tertiary/aromatic N) is 2. The molecule has 1 saturated carbocycles. The Labute approximate surface area is 175 Å². The van der Waals surface area contributed by atoms with E-state index in [0.29, 0.717) is 17.1 Å².